The van der Waals surface area contributed by atoms with Crippen LogP contribution in [0, 0.1) is 17.8 Å². The molecule has 4 unspecified atom stereocenters. The Labute approximate surface area is 146 Å². The molecule has 0 amide bonds. The van der Waals surface area contributed by atoms with Crippen molar-refractivity contribution in [2.75, 3.05) is 0 Å². The highest BCUT2D eigenvalue weighted by Gasteiger charge is 2.54. The molecule has 5 heteroatoms. The number of hydrogen-bond donors (Lipinski definition) is 1. The summed E-state index contributed by atoms with van der Waals surface area (Å²) < 4.78 is 12.6. The van der Waals surface area contributed by atoms with Crippen LogP contribution in [-0.2, 0) is 14.1 Å². The first-order valence-corrected chi connectivity index (χ1v) is 9.78. The van der Waals surface area contributed by atoms with Gasteiger partial charge in [0.1, 0.15) is 0 Å². The van der Waals surface area contributed by atoms with Gasteiger partial charge in [-0.2, -0.15) is 0 Å². The van der Waals surface area contributed by atoms with Crippen molar-refractivity contribution in [1.82, 2.24) is 0 Å². The van der Waals surface area contributed by atoms with Gasteiger partial charge >= 0.3 is 13.1 Å². The standard InChI is InChI=1S/C19H33BO4/c1-18(2)19(3,4)24-20(23-18)16-10-6-8-14(12-16)13-7-5-9-15(11-13)17(21)22/h13-16H,5-12H2,1-4H3,(H,21,22). The van der Waals surface area contributed by atoms with Crippen molar-refractivity contribution in [2.24, 2.45) is 17.8 Å². The summed E-state index contributed by atoms with van der Waals surface area (Å²) >= 11 is 0. The minimum Gasteiger partial charge on any atom is -0.481 e. The number of hydrogen-bond acceptors (Lipinski definition) is 3. The van der Waals surface area contributed by atoms with Crippen molar-refractivity contribution >= 4 is 13.1 Å². The van der Waals surface area contributed by atoms with E-state index in [1.807, 2.05) is 0 Å². The third-order valence-corrected chi connectivity index (χ3v) is 7.14. The van der Waals surface area contributed by atoms with Crippen LogP contribution in [0.15, 0.2) is 0 Å². The first kappa shape index (κ1) is 18.3. The van der Waals surface area contributed by atoms with Crippen molar-refractivity contribution in [1.29, 1.82) is 0 Å². The Hall–Kier alpha value is -0.545. The predicted molar refractivity (Wildman–Crippen MR) is 94.9 cm³/mol. The molecule has 1 N–H and O–H groups in total. The minimum atomic E-state index is -0.599. The monoisotopic (exact) mass is 336 g/mol. The van der Waals surface area contributed by atoms with Gasteiger partial charge < -0.3 is 14.4 Å². The van der Waals surface area contributed by atoms with Crippen LogP contribution in [0.3, 0.4) is 0 Å². The Bertz CT molecular complexity index is 460. The lowest BCUT2D eigenvalue weighted by Crippen LogP contribution is -2.41. The number of carboxylic acid groups (broad SMARTS) is 1. The van der Waals surface area contributed by atoms with E-state index in [1.165, 1.54) is 25.7 Å². The fourth-order valence-electron chi connectivity index (χ4n) is 4.90. The van der Waals surface area contributed by atoms with Crippen molar-refractivity contribution in [2.45, 2.75) is 96.1 Å². The van der Waals surface area contributed by atoms with Crippen molar-refractivity contribution in [3.8, 4) is 0 Å². The fraction of sp³-hybridized carbons (Fsp3) is 0.947. The van der Waals surface area contributed by atoms with E-state index in [9.17, 15) is 9.90 Å². The van der Waals surface area contributed by atoms with E-state index in [1.54, 1.807) is 0 Å². The molecule has 0 aromatic heterocycles. The van der Waals surface area contributed by atoms with E-state index < -0.39 is 5.97 Å². The molecule has 136 valence electrons. The molecule has 0 bridgehead atoms. The second-order valence-corrected chi connectivity index (χ2v) is 9.27. The molecule has 1 saturated heterocycles. The topological polar surface area (TPSA) is 55.8 Å². The summed E-state index contributed by atoms with van der Waals surface area (Å²) in [6.07, 6.45) is 8.76. The Balaban J connectivity index is 1.62. The van der Waals surface area contributed by atoms with E-state index in [0.717, 1.165) is 25.7 Å². The zero-order chi connectivity index (χ0) is 17.5. The predicted octanol–water partition coefficient (Wildman–Crippen LogP) is 4.53. The molecule has 3 rings (SSSR count). The van der Waals surface area contributed by atoms with Gasteiger partial charge in [0.05, 0.1) is 17.1 Å². The van der Waals surface area contributed by atoms with Gasteiger partial charge in [0.25, 0.3) is 0 Å². The van der Waals surface area contributed by atoms with E-state index in [0.29, 0.717) is 17.7 Å². The number of carbonyl (C=O) groups is 1. The quantitative estimate of drug-likeness (QED) is 0.769. The highest BCUT2D eigenvalue weighted by molar-refractivity contribution is 6.47. The third-order valence-electron chi connectivity index (χ3n) is 7.14. The van der Waals surface area contributed by atoms with Crippen LogP contribution < -0.4 is 0 Å². The van der Waals surface area contributed by atoms with Gasteiger partial charge in [-0.3, -0.25) is 4.79 Å². The molecule has 3 aliphatic rings. The SMILES string of the molecule is CC1(C)OB(C2CCCC(C3CCCC(C(=O)O)C3)C2)OC1(C)C. The fourth-order valence-corrected chi connectivity index (χ4v) is 4.90. The molecule has 2 aliphatic carbocycles. The van der Waals surface area contributed by atoms with Crippen molar-refractivity contribution in [3.05, 3.63) is 0 Å². The molecule has 2 saturated carbocycles. The first-order valence-electron chi connectivity index (χ1n) is 9.78. The summed E-state index contributed by atoms with van der Waals surface area (Å²) in [5.74, 6) is 0.948. The second kappa shape index (κ2) is 6.64. The summed E-state index contributed by atoms with van der Waals surface area (Å²) in [6, 6.07) is 0. The lowest BCUT2D eigenvalue weighted by molar-refractivity contribution is -0.143. The average Bonchev–Trinajstić information content (AvgIpc) is 2.76. The smallest absolute Gasteiger partial charge is 0.461 e. The van der Waals surface area contributed by atoms with Gasteiger partial charge in [-0.25, -0.2) is 0 Å². The van der Waals surface area contributed by atoms with E-state index >= 15 is 0 Å². The molecule has 24 heavy (non-hydrogen) atoms. The maximum Gasteiger partial charge on any atom is 0.461 e. The molecule has 4 atom stereocenters. The van der Waals surface area contributed by atoms with Crippen LogP contribution in [0.1, 0.15) is 79.1 Å². The van der Waals surface area contributed by atoms with Gasteiger partial charge in [0.2, 0.25) is 0 Å². The molecule has 3 fully saturated rings. The summed E-state index contributed by atoms with van der Waals surface area (Å²) in [6.45, 7) is 8.47. The van der Waals surface area contributed by atoms with Gasteiger partial charge in [-0.05, 0) is 64.6 Å². The summed E-state index contributed by atoms with van der Waals surface area (Å²) in [5, 5.41) is 9.35. The largest absolute Gasteiger partial charge is 0.481 e. The number of carboxylic acids is 1. The molecule has 0 aromatic rings. The molecular formula is C19H33BO4. The molecule has 0 aromatic carbocycles. The van der Waals surface area contributed by atoms with Crippen LogP contribution in [0.25, 0.3) is 0 Å². The lowest BCUT2D eigenvalue weighted by atomic mass is 9.58. The average molecular weight is 336 g/mol. The van der Waals surface area contributed by atoms with E-state index in [4.69, 9.17) is 9.31 Å². The van der Waals surface area contributed by atoms with Crippen LogP contribution in [0.5, 0.6) is 0 Å². The molecular weight excluding hydrogens is 303 g/mol. The van der Waals surface area contributed by atoms with Gasteiger partial charge in [0, 0.05) is 0 Å². The van der Waals surface area contributed by atoms with Crippen LogP contribution in [0.4, 0.5) is 0 Å². The van der Waals surface area contributed by atoms with Crippen molar-refractivity contribution < 1.29 is 19.2 Å². The molecule has 0 spiro atoms. The summed E-state index contributed by atoms with van der Waals surface area (Å²) in [7, 11) is -0.100. The Morgan fingerprint density at radius 3 is 2.04 bits per heavy atom. The van der Waals surface area contributed by atoms with Gasteiger partial charge in [-0.1, -0.05) is 32.1 Å². The molecule has 0 radical (unpaired) electrons. The zero-order valence-electron chi connectivity index (χ0n) is 15.7. The first-order chi connectivity index (χ1) is 11.2. The van der Waals surface area contributed by atoms with Crippen LogP contribution in [-0.4, -0.2) is 29.4 Å². The molecule has 4 nitrogen and oxygen atoms in total. The summed E-state index contributed by atoms with van der Waals surface area (Å²) in [4.78, 5) is 11.4. The van der Waals surface area contributed by atoms with Crippen LogP contribution in [0.2, 0.25) is 5.82 Å². The zero-order valence-corrected chi connectivity index (χ0v) is 15.7. The Morgan fingerprint density at radius 2 is 1.46 bits per heavy atom. The van der Waals surface area contributed by atoms with Crippen LogP contribution >= 0.6 is 0 Å². The Kier molecular flexibility index (Phi) is 5.05. The summed E-state index contributed by atoms with van der Waals surface area (Å²) in [5.41, 5.74) is -0.520. The molecule has 1 aliphatic heterocycles. The highest BCUT2D eigenvalue weighted by atomic mass is 16.7. The normalized spacial score (nSPS) is 38.9. The second-order valence-electron chi connectivity index (χ2n) is 9.27. The minimum absolute atomic E-state index is 0.100. The third kappa shape index (κ3) is 3.53. The number of aliphatic carboxylic acids is 1. The van der Waals surface area contributed by atoms with E-state index in [2.05, 4.69) is 27.7 Å². The maximum absolute atomic E-state index is 11.4. The van der Waals surface area contributed by atoms with Gasteiger partial charge in [-0.15, -0.1) is 0 Å². The van der Waals surface area contributed by atoms with Crippen molar-refractivity contribution in [3.63, 3.8) is 0 Å². The van der Waals surface area contributed by atoms with Gasteiger partial charge in [0.15, 0.2) is 0 Å². The lowest BCUT2D eigenvalue weighted by Gasteiger charge is -2.38. The molecule has 1 heterocycles. The maximum atomic E-state index is 11.4. The number of rotatable bonds is 3. The Morgan fingerprint density at radius 1 is 0.917 bits per heavy atom. The van der Waals surface area contributed by atoms with E-state index in [-0.39, 0.29) is 24.2 Å². The highest BCUT2D eigenvalue weighted by Crippen LogP contribution is 2.48.